The van der Waals surface area contributed by atoms with Gasteiger partial charge in [-0.1, -0.05) is 13.8 Å². The first-order valence-corrected chi connectivity index (χ1v) is 7.57. The van der Waals surface area contributed by atoms with E-state index >= 15 is 0 Å². The zero-order valence-corrected chi connectivity index (χ0v) is 8.83. The normalized spacial score (nSPS) is 12.2. The molecule has 0 fully saturated rings. The minimum Gasteiger partial charge on any atom is -0.304 e. The van der Waals surface area contributed by atoms with Crippen LogP contribution in [-0.2, 0) is 4.79 Å². The first-order chi connectivity index (χ1) is 4.34. The highest BCUT2D eigenvalue weighted by Crippen LogP contribution is 2.14. The summed E-state index contributed by atoms with van der Waals surface area (Å²) >= 11 is 5.92. The van der Waals surface area contributed by atoms with Crippen LogP contribution in [0.2, 0.25) is 13.1 Å². The Labute approximate surface area is 68.5 Å². The lowest BCUT2D eigenvalue weighted by molar-refractivity contribution is -0.113. The number of halogens is 1. The molecule has 0 aromatic rings. The molecule has 0 heterocycles. The summed E-state index contributed by atoms with van der Waals surface area (Å²) in [4.78, 5) is 11.2. The predicted octanol–water partition coefficient (Wildman–Crippen LogP) is 2.58. The topological polar surface area (TPSA) is 17.1 Å². The van der Waals surface area contributed by atoms with Crippen molar-refractivity contribution in [2.45, 2.75) is 33.4 Å². The van der Waals surface area contributed by atoms with E-state index in [0.717, 1.165) is 0 Å². The molecule has 10 heavy (non-hydrogen) atoms. The standard InChI is InChI=1S/C7H15ClOSi/c1-6(2)5-7(9)10(3,4)8/h6H,5H2,1-4H3. The van der Waals surface area contributed by atoms with Crippen molar-refractivity contribution in [2.75, 3.05) is 0 Å². The van der Waals surface area contributed by atoms with Crippen molar-refractivity contribution in [2.24, 2.45) is 5.92 Å². The van der Waals surface area contributed by atoms with E-state index in [2.05, 4.69) is 0 Å². The summed E-state index contributed by atoms with van der Waals surface area (Å²) in [5, 5.41) is 0.268. The van der Waals surface area contributed by atoms with Gasteiger partial charge in [-0.2, -0.15) is 11.1 Å². The smallest absolute Gasteiger partial charge is 0.223 e. The molecule has 0 aliphatic carbocycles. The Hall–Kier alpha value is 0.177. The lowest BCUT2D eigenvalue weighted by atomic mass is 10.2. The van der Waals surface area contributed by atoms with Gasteiger partial charge in [0.05, 0.1) is 0 Å². The summed E-state index contributed by atoms with van der Waals surface area (Å²) < 4.78 is 0. The molecule has 3 heteroatoms. The Morgan fingerprint density at radius 3 is 2.00 bits per heavy atom. The summed E-state index contributed by atoms with van der Waals surface area (Å²) in [7, 11) is -1.99. The van der Waals surface area contributed by atoms with Crippen LogP contribution in [0.3, 0.4) is 0 Å². The molecule has 0 spiro atoms. The molecule has 0 aliphatic heterocycles. The van der Waals surface area contributed by atoms with Crippen LogP contribution in [0.1, 0.15) is 20.3 Å². The van der Waals surface area contributed by atoms with Crippen LogP contribution in [-0.4, -0.2) is 12.8 Å². The molecule has 0 aromatic heterocycles. The van der Waals surface area contributed by atoms with Gasteiger partial charge in [0.2, 0.25) is 7.38 Å². The highest BCUT2D eigenvalue weighted by molar-refractivity contribution is 7.34. The van der Waals surface area contributed by atoms with Gasteiger partial charge < -0.3 is 4.79 Å². The van der Waals surface area contributed by atoms with Crippen LogP contribution in [0.15, 0.2) is 0 Å². The van der Waals surface area contributed by atoms with Crippen molar-refractivity contribution in [1.29, 1.82) is 0 Å². The molecule has 60 valence electrons. The summed E-state index contributed by atoms with van der Waals surface area (Å²) in [6.45, 7) is 7.82. The van der Waals surface area contributed by atoms with Crippen molar-refractivity contribution in [3.8, 4) is 0 Å². The van der Waals surface area contributed by atoms with Gasteiger partial charge in [-0.15, -0.1) is 0 Å². The fourth-order valence-electron chi connectivity index (χ4n) is 0.613. The molecule has 0 saturated heterocycles. The summed E-state index contributed by atoms with van der Waals surface area (Å²) in [6.07, 6.45) is 0.642. The van der Waals surface area contributed by atoms with Gasteiger partial charge in [0.1, 0.15) is 5.41 Å². The van der Waals surface area contributed by atoms with E-state index in [9.17, 15) is 4.79 Å². The van der Waals surface area contributed by atoms with Crippen molar-refractivity contribution < 1.29 is 4.79 Å². The van der Waals surface area contributed by atoms with Gasteiger partial charge in [0, 0.05) is 6.42 Å². The average Bonchev–Trinajstić information content (AvgIpc) is 1.60. The van der Waals surface area contributed by atoms with E-state index < -0.39 is 7.38 Å². The largest absolute Gasteiger partial charge is 0.304 e. The van der Waals surface area contributed by atoms with E-state index in [-0.39, 0.29) is 5.41 Å². The van der Waals surface area contributed by atoms with Crippen LogP contribution in [0.25, 0.3) is 0 Å². The fourth-order valence-corrected chi connectivity index (χ4v) is 1.74. The maximum absolute atomic E-state index is 11.2. The molecule has 0 amide bonds. The zero-order chi connectivity index (χ0) is 8.36. The number of hydrogen-bond donors (Lipinski definition) is 0. The minimum atomic E-state index is -1.99. The highest BCUT2D eigenvalue weighted by Gasteiger charge is 2.27. The molecule has 0 radical (unpaired) electrons. The van der Waals surface area contributed by atoms with Crippen molar-refractivity contribution >= 4 is 23.9 Å². The van der Waals surface area contributed by atoms with Gasteiger partial charge in [-0.25, -0.2) is 0 Å². The lowest BCUT2D eigenvalue weighted by Crippen LogP contribution is -2.31. The zero-order valence-electron chi connectivity index (χ0n) is 7.07. The van der Waals surface area contributed by atoms with Crippen molar-refractivity contribution in [3.05, 3.63) is 0 Å². The average molecular weight is 179 g/mol. The summed E-state index contributed by atoms with van der Waals surface area (Å²) in [5.41, 5.74) is 0. The molecule has 0 saturated carbocycles. The summed E-state index contributed by atoms with van der Waals surface area (Å²) in [6, 6.07) is 0. The van der Waals surface area contributed by atoms with Gasteiger partial charge in [0.15, 0.2) is 0 Å². The molecule has 1 nitrogen and oxygen atoms in total. The lowest BCUT2D eigenvalue weighted by Gasteiger charge is -2.12. The van der Waals surface area contributed by atoms with Gasteiger partial charge in [-0.05, 0) is 19.0 Å². The molecule has 0 aliphatic rings. The van der Waals surface area contributed by atoms with Gasteiger partial charge in [-0.3, -0.25) is 0 Å². The molecule has 0 bridgehead atoms. The van der Waals surface area contributed by atoms with Crippen LogP contribution >= 0.6 is 11.1 Å². The van der Waals surface area contributed by atoms with E-state index in [1.165, 1.54) is 0 Å². The first kappa shape index (κ1) is 10.2. The minimum absolute atomic E-state index is 0.268. The Morgan fingerprint density at radius 2 is 1.90 bits per heavy atom. The Balaban J connectivity index is 3.87. The maximum Gasteiger partial charge on any atom is 0.223 e. The number of hydrogen-bond acceptors (Lipinski definition) is 1. The molecular weight excluding hydrogens is 164 g/mol. The molecule has 0 N–H and O–H groups in total. The number of rotatable bonds is 3. The maximum atomic E-state index is 11.2. The van der Waals surface area contributed by atoms with Crippen LogP contribution in [0.4, 0.5) is 0 Å². The first-order valence-electron chi connectivity index (χ1n) is 3.56. The van der Waals surface area contributed by atoms with E-state index in [1.807, 2.05) is 26.9 Å². The highest BCUT2D eigenvalue weighted by atomic mass is 35.6. The second-order valence-electron chi connectivity index (χ2n) is 3.49. The second-order valence-corrected chi connectivity index (χ2v) is 9.83. The third-order valence-corrected chi connectivity index (χ3v) is 3.42. The van der Waals surface area contributed by atoms with Gasteiger partial charge in [0.25, 0.3) is 0 Å². The third-order valence-electron chi connectivity index (χ3n) is 1.26. The fraction of sp³-hybridized carbons (Fsp3) is 0.857. The Bertz CT molecular complexity index is 126. The quantitative estimate of drug-likeness (QED) is 0.480. The van der Waals surface area contributed by atoms with Crippen LogP contribution < -0.4 is 0 Å². The van der Waals surface area contributed by atoms with Gasteiger partial charge >= 0.3 is 0 Å². The van der Waals surface area contributed by atoms with Crippen LogP contribution in [0, 0.1) is 5.92 Å². The summed E-state index contributed by atoms with van der Waals surface area (Å²) in [5.74, 6) is 0.443. The van der Waals surface area contributed by atoms with Crippen molar-refractivity contribution in [1.82, 2.24) is 0 Å². The molecule has 0 aromatic carbocycles. The Kier molecular flexibility index (Phi) is 3.60. The SMILES string of the molecule is CC(C)CC(=O)[Si](C)(C)Cl. The second kappa shape index (κ2) is 3.53. The molecular formula is C7H15ClOSi. The monoisotopic (exact) mass is 178 g/mol. The van der Waals surface area contributed by atoms with E-state index in [1.54, 1.807) is 0 Å². The Morgan fingerprint density at radius 1 is 1.50 bits per heavy atom. The van der Waals surface area contributed by atoms with E-state index in [0.29, 0.717) is 12.3 Å². The third kappa shape index (κ3) is 4.07. The number of carbonyl (C=O) groups excluding carboxylic acids is 1. The molecule has 0 rings (SSSR count). The molecule has 0 unspecified atom stereocenters. The predicted molar refractivity (Wildman–Crippen MR) is 47.8 cm³/mol. The number of carbonyl (C=O) groups is 1. The van der Waals surface area contributed by atoms with Crippen molar-refractivity contribution in [3.63, 3.8) is 0 Å². The molecule has 0 atom stereocenters. The van der Waals surface area contributed by atoms with Crippen LogP contribution in [0.5, 0.6) is 0 Å². The van der Waals surface area contributed by atoms with E-state index in [4.69, 9.17) is 11.1 Å².